The highest BCUT2D eigenvalue weighted by molar-refractivity contribution is 6.05. The topological polar surface area (TPSA) is 54.0 Å². The average Bonchev–Trinajstić information content (AvgIpc) is 2.62. The van der Waals surface area contributed by atoms with Crippen molar-refractivity contribution in [2.75, 3.05) is 10.6 Å². The van der Waals surface area contributed by atoms with Gasteiger partial charge in [0.15, 0.2) is 0 Å². The molecule has 0 aliphatic heterocycles. The first kappa shape index (κ1) is 14.2. The molecule has 0 atom stereocenters. The summed E-state index contributed by atoms with van der Waals surface area (Å²) in [6.07, 6.45) is 1.72. The molecule has 0 aliphatic rings. The van der Waals surface area contributed by atoms with Crippen LogP contribution in [0.3, 0.4) is 0 Å². The summed E-state index contributed by atoms with van der Waals surface area (Å²) in [6, 6.07) is 23.1. The molecule has 0 aliphatic carbocycles. The molecule has 0 radical (unpaired) electrons. The summed E-state index contributed by atoms with van der Waals surface area (Å²) in [7, 11) is 0. The summed E-state index contributed by atoms with van der Waals surface area (Å²) >= 11 is 0. The molecule has 0 saturated carbocycles. The maximum Gasteiger partial charge on any atom is 0.323 e. The molecule has 1 aromatic heterocycles. The van der Waals surface area contributed by atoms with E-state index in [1.54, 1.807) is 6.20 Å². The lowest BCUT2D eigenvalue weighted by molar-refractivity contribution is 0.262. The van der Waals surface area contributed by atoms with E-state index >= 15 is 0 Å². The number of urea groups is 1. The number of carbonyl (C=O) groups excluding carboxylic acids is 1. The third kappa shape index (κ3) is 2.77. The van der Waals surface area contributed by atoms with E-state index in [4.69, 9.17) is 0 Å². The molecule has 4 rings (SSSR count). The Kier molecular flexibility index (Phi) is 3.56. The summed E-state index contributed by atoms with van der Waals surface area (Å²) < 4.78 is 0. The minimum Gasteiger partial charge on any atom is -0.308 e. The molecule has 2 N–H and O–H groups in total. The van der Waals surface area contributed by atoms with E-state index in [0.717, 1.165) is 27.4 Å². The predicted octanol–water partition coefficient (Wildman–Crippen LogP) is 5.03. The molecule has 0 unspecified atom stereocenters. The van der Waals surface area contributed by atoms with Crippen LogP contribution in [0.1, 0.15) is 0 Å². The van der Waals surface area contributed by atoms with Crippen molar-refractivity contribution < 1.29 is 4.79 Å². The number of anilines is 2. The van der Waals surface area contributed by atoms with E-state index in [1.807, 2.05) is 72.8 Å². The number of hydrogen-bond acceptors (Lipinski definition) is 2. The summed E-state index contributed by atoms with van der Waals surface area (Å²) in [5.41, 5.74) is 2.21. The molecule has 0 bridgehead atoms. The smallest absolute Gasteiger partial charge is 0.308 e. The van der Waals surface area contributed by atoms with Gasteiger partial charge in [0.25, 0.3) is 0 Å². The lowest BCUT2D eigenvalue weighted by atomic mass is 10.1. The number of para-hydroxylation sites is 1. The molecule has 0 saturated heterocycles. The Balaban J connectivity index is 1.57. The van der Waals surface area contributed by atoms with Gasteiger partial charge in [-0.25, -0.2) is 4.79 Å². The normalized spacial score (nSPS) is 10.7. The number of hydrogen-bond donors (Lipinski definition) is 2. The highest BCUT2D eigenvalue weighted by Gasteiger charge is 2.07. The molecule has 4 heteroatoms. The van der Waals surface area contributed by atoms with E-state index in [1.165, 1.54) is 0 Å². The van der Waals surface area contributed by atoms with Crippen LogP contribution in [-0.2, 0) is 0 Å². The van der Waals surface area contributed by atoms with E-state index < -0.39 is 0 Å². The molecule has 0 fully saturated rings. The molecule has 2 amide bonds. The Morgan fingerprint density at radius 2 is 1.54 bits per heavy atom. The monoisotopic (exact) mass is 313 g/mol. The SMILES string of the molecule is O=C(Nc1ccc2ccccc2c1)Nc1cccc2cccnc12. The number of carbonyl (C=O) groups is 1. The number of benzene rings is 3. The fourth-order valence-electron chi connectivity index (χ4n) is 2.76. The van der Waals surface area contributed by atoms with Gasteiger partial charge in [-0.05, 0) is 35.0 Å². The van der Waals surface area contributed by atoms with Crippen molar-refractivity contribution in [3.63, 3.8) is 0 Å². The standard InChI is InChI=1S/C20H15N3O/c24-20(22-17-11-10-14-5-1-2-6-16(14)13-17)23-18-9-3-7-15-8-4-12-21-19(15)18/h1-13H,(H2,22,23,24). The van der Waals surface area contributed by atoms with Crippen LogP contribution in [-0.4, -0.2) is 11.0 Å². The van der Waals surface area contributed by atoms with E-state index in [9.17, 15) is 4.79 Å². The molecular weight excluding hydrogens is 298 g/mol. The number of fused-ring (bicyclic) bond motifs is 2. The van der Waals surface area contributed by atoms with Crippen molar-refractivity contribution in [2.45, 2.75) is 0 Å². The van der Waals surface area contributed by atoms with Gasteiger partial charge in [-0.2, -0.15) is 0 Å². The van der Waals surface area contributed by atoms with Gasteiger partial charge in [-0.1, -0.05) is 48.5 Å². The van der Waals surface area contributed by atoms with E-state index in [-0.39, 0.29) is 6.03 Å². The van der Waals surface area contributed by atoms with Gasteiger partial charge in [-0.3, -0.25) is 4.98 Å². The first-order valence-electron chi connectivity index (χ1n) is 7.70. The van der Waals surface area contributed by atoms with E-state index in [0.29, 0.717) is 5.69 Å². The number of nitrogens with one attached hydrogen (secondary N) is 2. The van der Waals surface area contributed by atoms with Gasteiger partial charge >= 0.3 is 6.03 Å². The lowest BCUT2D eigenvalue weighted by Gasteiger charge is -2.10. The van der Waals surface area contributed by atoms with Crippen molar-refractivity contribution in [1.29, 1.82) is 0 Å². The Bertz CT molecular complexity index is 1040. The van der Waals surface area contributed by atoms with Crippen LogP contribution in [0.4, 0.5) is 16.2 Å². The zero-order chi connectivity index (χ0) is 16.4. The number of nitrogens with zero attached hydrogens (tertiary/aromatic N) is 1. The molecular formula is C20H15N3O. The summed E-state index contributed by atoms with van der Waals surface area (Å²) in [6.45, 7) is 0. The lowest BCUT2D eigenvalue weighted by Crippen LogP contribution is -2.19. The summed E-state index contributed by atoms with van der Waals surface area (Å²) in [5, 5.41) is 8.95. The number of pyridine rings is 1. The van der Waals surface area contributed by atoms with Crippen LogP contribution in [0.5, 0.6) is 0 Å². The van der Waals surface area contributed by atoms with Crippen molar-refractivity contribution in [1.82, 2.24) is 4.98 Å². The zero-order valence-corrected chi connectivity index (χ0v) is 12.9. The van der Waals surface area contributed by atoms with Gasteiger partial charge in [0.1, 0.15) is 0 Å². The van der Waals surface area contributed by atoms with Gasteiger partial charge in [-0.15, -0.1) is 0 Å². The molecule has 4 nitrogen and oxygen atoms in total. The molecule has 3 aromatic carbocycles. The van der Waals surface area contributed by atoms with Crippen molar-refractivity contribution in [3.05, 3.63) is 79.0 Å². The average molecular weight is 313 g/mol. The first-order valence-corrected chi connectivity index (χ1v) is 7.70. The molecule has 116 valence electrons. The van der Waals surface area contributed by atoms with Gasteiger partial charge in [0, 0.05) is 17.3 Å². The Hall–Kier alpha value is -3.40. The highest BCUT2D eigenvalue weighted by Crippen LogP contribution is 2.22. The maximum atomic E-state index is 12.3. The molecule has 4 aromatic rings. The van der Waals surface area contributed by atoms with Crippen LogP contribution in [0.25, 0.3) is 21.7 Å². The fraction of sp³-hybridized carbons (Fsp3) is 0. The second kappa shape index (κ2) is 6.01. The quantitative estimate of drug-likeness (QED) is 0.545. The minimum atomic E-state index is -0.288. The van der Waals surface area contributed by atoms with Crippen molar-refractivity contribution >= 4 is 39.1 Å². The maximum absolute atomic E-state index is 12.3. The Labute approximate surface area is 139 Å². The molecule has 1 heterocycles. The van der Waals surface area contributed by atoms with Crippen LogP contribution >= 0.6 is 0 Å². The Morgan fingerprint density at radius 1 is 0.750 bits per heavy atom. The Morgan fingerprint density at radius 3 is 2.46 bits per heavy atom. The van der Waals surface area contributed by atoms with Gasteiger partial charge < -0.3 is 10.6 Å². The summed E-state index contributed by atoms with van der Waals surface area (Å²) in [5.74, 6) is 0. The minimum absolute atomic E-state index is 0.288. The fourth-order valence-corrected chi connectivity index (χ4v) is 2.76. The van der Waals surface area contributed by atoms with Crippen LogP contribution in [0.15, 0.2) is 79.0 Å². The first-order chi connectivity index (χ1) is 11.8. The molecule has 0 spiro atoms. The van der Waals surface area contributed by atoms with Crippen LogP contribution < -0.4 is 10.6 Å². The third-order valence-electron chi connectivity index (χ3n) is 3.89. The van der Waals surface area contributed by atoms with Crippen molar-refractivity contribution in [2.24, 2.45) is 0 Å². The van der Waals surface area contributed by atoms with Gasteiger partial charge in [0.05, 0.1) is 11.2 Å². The molecule has 24 heavy (non-hydrogen) atoms. The number of aromatic nitrogens is 1. The van der Waals surface area contributed by atoms with E-state index in [2.05, 4.69) is 15.6 Å². The van der Waals surface area contributed by atoms with Crippen LogP contribution in [0.2, 0.25) is 0 Å². The second-order valence-electron chi connectivity index (χ2n) is 5.52. The van der Waals surface area contributed by atoms with Crippen molar-refractivity contribution in [3.8, 4) is 0 Å². The van der Waals surface area contributed by atoms with Gasteiger partial charge in [0.2, 0.25) is 0 Å². The predicted molar refractivity (Wildman–Crippen MR) is 98.3 cm³/mol. The number of rotatable bonds is 2. The third-order valence-corrected chi connectivity index (χ3v) is 3.89. The largest absolute Gasteiger partial charge is 0.323 e. The second-order valence-corrected chi connectivity index (χ2v) is 5.52. The number of amides is 2. The highest BCUT2D eigenvalue weighted by atomic mass is 16.2. The summed E-state index contributed by atoms with van der Waals surface area (Å²) in [4.78, 5) is 16.7. The van der Waals surface area contributed by atoms with Crippen LogP contribution in [0, 0.1) is 0 Å². The zero-order valence-electron chi connectivity index (χ0n) is 12.9.